The van der Waals surface area contributed by atoms with E-state index >= 15 is 0 Å². The van der Waals surface area contributed by atoms with E-state index in [0.29, 0.717) is 23.9 Å². The van der Waals surface area contributed by atoms with Gasteiger partial charge in [-0.15, -0.1) is 0 Å². The molecule has 0 aliphatic carbocycles. The van der Waals surface area contributed by atoms with Crippen molar-refractivity contribution in [2.24, 2.45) is 5.92 Å². The Morgan fingerprint density at radius 1 is 1.14 bits per heavy atom. The molecule has 1 aromatic heterocycles. The summed E-state index contributed by atoms with van der Waals surface area (Å²) in [6, 6.07) is 0.395. The zero-order chi connectivity index (χ0) is 14.8. The van der Waals surface area contributed by atoms with E-state index in [1.807, 2.05) is 0 Å². The summed E-state index contributed by atoms with van der Waals surface area (Å²) < 4.78 is 0. The van der Waals surface area contributed by atoms with Gasteiger partial charge in [-0.2, -0.15) is 15.0 Å². The minimum absolute atomic E-state index is 0.273. The van der Waals surface area contributed by atoms with Crippen LogP contribution in [-0.2, 0) is 0 Å². The average molecular weight is 311 g/mol. The van der Waals surface area contributed by atoms with E-state index in [4.69, 9.17) is 11.6 Å². The lowest BCUT2D eigenvalue weighted by Crippen LogP contribution is -2.43. The molecule has 2 atom stereocenters. The van der Waals surface area contributed by atoms with Crippen molar-refractivity contribution in [1.82, 2.24) is 19.9 Å². The van der Waals surface area contributed by atoms with Gasteiger partial charge in [0.1, 0.15) is 0 Å². The highest BCUT2D eigenvalue weighted by Crippen LogP contribution is 2.22. The number of likely N-dealkylation sites (tertiary alicyclic amines) is 1. The topological polar surface area (TPSA) is 57.2 Å². The molecule has 0 aromatic carbocycles. The lowest BCUT2D eigenvalue weighted by atomic mass is 9.94. The van der Waals surface area contributed by atoms with Crippen molar-refractivity contribution in [3.8, 4) is 0 Å². The minimum atomic E-state index is 0.273. The van der Waals surface area contributed by atoms with Crippen LogP contribution >= 0.6 is 11.6 Å². The monoisotopic (exact) mass is 310 g/mol. The molecular formula is C14H23ClN6. The molecule has 2 fully saturated rings. The van der Waals surface area contributed by atoms with Crippen LogP contribution in [0.4, 0.5) is 11.9 Å². The lowest BCUT2D eigenvalue weighted by molar-refractivity contribution is 0.206. The molecule has 2 unspecified atom stereocenters. The summed E-state index contributed by atoms with van der Waals surface area (Å²) in [5, 5.41) is 3.73. The maximum absolute atomic E-state index is 6.07. The molecule has 0 bridgehead atoms. The maximum Gasteiger partial charge on any atom is 0.231 e. The zero-order valence-electron chi connectivity index (χ0n) is 12.7. The second-order valence-electron chi connectivity index (χ2n) is 6.20. The van der Waals surface area contributed by atoms with Gasteiger partial charge < -0.3 is 15.1 Å². The molecule has 0 spiro atoms. The Hall–Kier alpha value is -1.14. The fraction of sp³-hybridized carbons (Fsp3) is 0.786. The normalized spacial score (nSPS) is 27.1. The lowest BCUT2D eigenvalue weighted by Gasteiger charge is -2.35. The van der Waals surface area contributed by atoms with E-state index in [1.54, 1.807) is 0 Å². The first kappa shape index (κ1) is 14.8. The van der Waals surface area contributed by atoms with Crippen molar-refractivity contribution in [3.05, 3.63) is 5.28 Å². The number of nitrogens with one attached hydrogen (secondary N) is 1. The predicted molar refractivity (Wildman–Crippen MR) is 85.0 cm³/mol. The summed E-state index contributed by atoms with van der Waals surface area (Å²) in [7, 11) is 2.16. The number of rotatable bonds is 3. The Morgan fingerprint density at radius 3 is 2.62 bits per heavy atom. The zero-order valence-corrected chi connectivity index (χ0v) is 13.5. The molecule has 0 saturated carbocycles. The smallest absolute Gasteiger partial charge is 0.231 e. The third kappa shape index (κ3) is 3.55. The highest BCUT2D eigenvalue weighted by atomic mass is 35.5. The molecule has 0 radical (unpaired) electrons. The summed E-state index contributed by atoms with van der Waals surface area (Å²) >= 11 is 6.07. The van der Waals surface area contributed by atoms with Gasteiger partial charge >= 0.3 is 0 Å². The third-order valence-corrected chi connectivity index (χ3v) is 4.58. The van der Waals surface area contributed by atoms with E-state index in [-0.39, 0.29) is 5.28 Å². The Kier molecular flexibility index (Phi) is 4.45. The fourth-order valence-electron chi connectivity index (χ4n) is 3.20. The largest absolute Gasteiger partial charge is 0.351 e. The maximum atomic E-state index is 6.07. The van der Waals surface area contributed by atoms with Crippen LogP contribution in [0.2, 0.25) is 5.28 Å². The molecule has 0 amide bonds. The second-order valence-corrected chi connectivity index (χ2v) is 6.54. The molecule has 116 valence electrons. The molecular weight excluding hydrogens is 288 g/mol. The number of piperidine rings is 1. The van der Waals surface area contributed by atoms with Crippen LogP contribution in [0.3, 0.4) is 0 Å². The molecule has 3 rings (SSSR count). The van der Waals surface area contributed by atoms with Gasteiger partial charge in [-0.3, -0.25) is 0 Å². The number of hydrogen-bond acceptors (Lipinski definition) is 6. The summed E-state index contributed by atoms with van der Waals surface area (Å²) in [5.74, 6) is 1.88. The van der Waals surface area contributed by atoms with Crippen LogP contribution in [-0.4, -0.2) is 59.1 Å². The third-order valence-electron chi connectivity index (χ3n) is 4.41. The molecule has 1 aromatic rings. The van der Waals surface area contributed by atoms with Gasteiger partial charge in [0.25, 0.3) is 0 Å². The second kappa shape index (κ2) is 6.32. The van der Waals surface area contributed by atoms with Gasteiger partial charge in [0, 0.05) is 25.7 Å². The fourth-order valence-corrected chi connectivity index (χ4v) is 3.35. The number of halogens is 1. The molecule has 1 N–H and O–H groups in total. The first-order chi connectivity index (χ1) is 10.1. The highest BCUT2D eigenvalue weighted by molar-refractivity contribution is 6.28. The van der Waals surface area contributed by atoms with Crippen molar-refractivity contribution in [3.63, 3.8) is 0 Å². The number of nitrogens with zero attached hydrogens (tertiary/aromatic N) is 5. The van der Waals surface area contributed by atoms with Crippen LogP contribution < -0.4 is 10.2 Å². The van der Waals surface area contributed by atoms with Gasteiger partial charge in [0.15, 0.2) is 0 Å². The van der Waals surface area contributed by atoms with Crippen LogP contribution in [0.15, 0.2) is 0 Å². The standard InChI is InChI=1S/C14H23ClN6/c1-10-9-20(2)8-5-11(10)16-13-17-12(15)18-14(19-13)21-6-3-4-7-21/h10-11H,3-9H2,1-2H3,(H,16,17,18,19). The molecule has 6 nitrogen and oxygen atoms in total. The van der Waals surface area contributed by atoms with Crippen LogP contribution in [0.25, 0.3) is 0 Å². The molecule has 3 heterocycles. The van der Waals surface area contributed by atoms with Crippen molar-refractivity contribution in [1.29, 1.82) is 0 Å². The summed E-state index contributed by atoms with van der Waals surface area (Å²) in [6.07, 6.45) is 3.48. The van der Waals surface area contributed by atoms with Crippen molar-refractivity contribution in [2.75, 3.05) is 43.4 Å². The van der Waals surface area contributed by atoms with E-state index in [2.05, 4.69) is 44.0 Å². The highest BCUT2D eigenvalue weighted by Gasteiger charge is 2.25. The molecule has 2 aliphatic heterocycles. The van der Waals surface area contributed by atoms with Gasteiger partial charge in [-0.1, -0.05) is 6.92 Å². The first-order valence-electron chi connectivity index (χ1n) is 7.73. The van der Waals surface area contributed by atoms with Gasteiger partial charge in [-0.05, 0) is 50.4 Å². The van der Waals surface area contributed by atoms with Crippen LogP contribution in [0.5, 0.6) is 0 Å². The van der Waals surface area contributed by atoms with E-state index < -0.39 is 0 Å². The van der Waals surface area contributed by atoms with E-state index in [1.165, 1.54) is 12.8 Å². The Labute approximate surface area is 130 Å². The Bertz CT molecular complexity index is 490. The molecule has 2 aliphatic rings. The van der Waals surface area contributed by atoms with Crippen molar-refractivity contribution >= 4 is 23.5 Å². The number of hydrogen-bond donors (Lipinski definition) is 1. The summed E-state index contributed by atoms with van der Waals surface area (Å²) in [5.41, 5.74) is 0. The molecule has 2 saturated heterocycles. The van der Waals surface area contributed by atoms with E-state index in [0.717, 1.165) is 32.6 Å². The van der Waals surface area contributed by atoms with Crippen LogP contribution in [0.1, 0.15) is 26.2 Å². The van der Waals surface area contributed by atoms with Crippen molar-refractivity contribution in [2.45, 2.75) is 32.2 Å². The number of anilines is 2. The molecule has 7 heteroatoms. The predicted octanol–water partition coefficient (Wildman–Crippen LogP) is 1.88. The quantitative estimate of drug-likeness (QED) is 0.920. The Balaban J connectivity index is 1.72. The summed E-state index contributed by atoms with van der Waals surface area (Å²) in [6.45, 7) is 6.46. The first-order valence-corrected chi connectivity index (χ1v) is 8.11. The van der Waals surface area contributed by atoms with Gasteiger partial charge in [0.05, 0.1) is 0 Å². The number of aromatic nitrogens is 3. The average Bonchev–Trinajstić information content (AvgIpc) is 2.95. The van der Waals surface area contributed by atoms with Crippen LogP contribution in [0, 0.1) is 5.92 Å². The summed E-state index contributed by atoms with van der Waals surface area (Å²) in [4.78, 5) is 17.6. The Morgan fingerprint density at radius 2 is 1.90 bits per heavy atom. The van der Waals surface area contributed by atoms with E-state index in [9.17, 15) is 0 Å². The van der Waals surface area contributed by atoms with Crippen molar-refractivity contribution < 1.29 is 0 Å². The minimum Gasteiger partial charge on any atom is -0.351 e. The van der Waals surface area contributed by atoms with Gasteiger partial charge in [-0.25, -0.2) is 0 Å². The SMILES string of the molecule is CC1CN(C)CCC1Nc1nc(Cl)nc(N2CCCC2)n1. The molecule has 21 heavy (non-hydrogen) atoms. The van der Waals surface area contributed by atoms with Gasteiger partial charge in [0.2, 0.25) is 17.2 Å².